The number of hydrogen-bond donors (Lipinski definition) is 1. The average Bonchev–Trinajstić information content (AvgIpc) is 3.32. The molecular formula is C20H24N2O3. The molecule has 4 rings (SSSR count). The van der Waals surface area contributed by atoms with Crippen LogP contribution in [0.3, 0.4) is 0 Å². The van der Waals surface area contributed by atoms with Gasteiger partial charge in [0.1, 0.15) is 12.0 Å². The van der Waals surface area contributed by atoms with Crippen LogP contribution in [0.1, 0.15) is 34.3 Å². The van der Waals surface area contributed by atoms with Crippen LogP contribution in [0.15, 0.2) is 41.2 Å². The Hall–Kier alpha value is -2.27. The third kappa shape index (κ3) is 3.87. The summed E-state index contributed by atoms with van der Waals surface area (Å²) >= 11 is 0. The average molecular weight is 340 g/mol. The first-order chi connectivity index (χ1) is 12.3. The lowest BCUT2D eigenvalue weighted by molar-refractivity contribution is 0.0911. The van der Waals surface area contributed by atoms with Crippen molar-refractivity contribution in [3.63, 3.8) is 0 Å². The molecule has 0 spiro atoms. The monoisotopic (exact) mass is 340 g/mol. The van der Waals surface area contributed by atoms with Gasteiger partial charge in [0.2, 0.25) is 0 Å². The number of nitrogens with zero attached hydrogens (tertiary/aromatic N) is 1. The Morgan fingerprint density at radius 1 is 1.24 bits per heavy atom. The summed E-state index contributed by atoms with van der Waals surface area (Å²) in [6.07, 6.45) is 7.13. The number of nitrogens with one attached hydrogen (secondary N) is 1. The third-order valence-electron chi connectivity index (χ3n) is 5.18. The Balaban J connectivity index is 1.22. The van der Waals surface area contributed by atoms with Crippen LogP contribution in [0.4, 0.5) is 0 Å². The minimum atomic E-state index is -0.0347. The van der Waals surface area contributed by atoms with Crippen molar-refractivity contribution in [1.82, 2.24) is 10.2 Å². The van der Waals surface area contributed by atoms with E-state index >= 15 is 0 Å². The number of amides is 1. The zero-order chi connectivity index (χ0) is 17.1. The zero-order valence-corrected chi connectivity index (χ0v) is 14.4. The Kier molecular flexibility index (Phi) is 4.74. The van der Waals surface area contributed by atoms with E-state index in [2.05, 4.69) is 28.4 Å². The van der Waals surface area contributed by atoms with E-state index < -0.39 is 0 Å². The van der Waals surface area contributed by atoms with E-state index in [1.54, 1.807) is 6.07 Å². The summed E-state index contributed by atoms with van der Waals surface area (Å²) in [5.74, 6) is 1.02. The molecule has 5 nitrogen and oxygen atoms in total. The van der Waals surface area contributed by atoms with Crippen LogP contribution in [0.5, 0.6) is 5.75 Å². The number of ether oxygens (including phenoxy) is 1. The van der Waals surface area contributed by atoms with E-state index in [1.165, 1.54) is 23.7 Å². The van der Waals surface area contributed by atoms with Crippen LogP contribution in [0, 0.1) is 0 Å². The molecule has 25 heavy (non-hydrogen) atoms. The zero-order valence-electron chi connectivity index (χ0n) is 14.4. The summed E-state index contributed by atoms with van der Waals surface area (Å²) in [4.78, 5) is 14.6. The number of rotatable bonds is 5. The second-order valence-electron chi connectivity index (χ2n) is 6.89. The summed E-state index contributed by atoms with van der Waals surface area (Å²) in [6.45, 7) is 3.95. The molecule has 1 N–H and O–H groups in total. The molecule has 1 aromatic carbocycles. The summed E-state index contributed by atoms with van der Waals surface area (Å²) < 4.78 is 10.5. The third-order valence-corrected chi connectivity index (χ3v) is 5.18. The maximum absolute atomic E-state index is 12.1. The van der Waals surface area contributed by atoms with Gasteiger partial charge in [0.15, 0.2) is 0 Å². The molecule has 3 heterocycles. The molecule has 5 heteroatoms. The predicted molar refractivity (Wildman–Crippen MR) is 95.0 cm³/mol. The molecule has 0 bridgehead atoms. The van der Waals surface area contributed by atoms with Crippen LogP contribution >= 0.6 is 0 Å². The van der Waals surface area contributed by atoms with E-state index in [0.29, 0.717) is 5.56 Å². The molecule has 1 aromatic heterocycles. The van der Waals surface area contributed by atoms with Crippen molar-refractivity contribution >= 4 is 5.91 Å². The highest BCUT2D eigenvalue weighted by molar-refractivity contribution is 5.93. The van der Waals surface area contributed by atoms with Gasteiger partial charge in [-0.2, -0.15) is 0 Å². The second kappa shape index (κ2) is 7.31. The van der Waals surface area contributed by atoms with Crippen molar-refractivity contribution in [2.75, 3.05) is 26.2 Å². The van der Waals surface area contributed by atoms with Gasteiger partial charge in [-0.3, -0.25) is 4.79 Å². The SMILES string of the molecule is O=C(NC1CCN(CCc2ccc3c(c2)CCO3)CC1)c1ccoc1. The molecule has 2 aliphatic heterocycles. The number of benzene rings is 1. The van der Waals surface area contributed by atoms with Crippen molar-refractivity contribution in [3.05, 3.63) is 53.5 Å². The van der Waals surface area contributed by atoms with Crippen molar-refractivity contribution in [2.24, 2.45) is 0 Å². The van der Waals surface area contributed by atoms with Crippen LogP contribution in [0.25, 0.3) is 0 Å². The number of hydrogen-bond acceptors (Lipinski definition) is 4. The minimum absolute atomic E-state index is 0.0347. The standard InChI is InChI=1S/C20H24N2O3/c23-20(17-6-11-24-14-17)21-18-4-9-22(10-5-18)8-3-15-1-2-19-16(13-15)7-12-25-19/h1-2,6,11,13-14,18H,3-5,7-10,12H2,(H,21,23). The van der Waals surface area contributed by atoms with Gasteiger partial charge >= 0.3 is 0 Å². The molecule has 0 unspecified atom stereocenters. The Labute approximate surface area is 148 Å². The van der Waals surface area contributed by atoms with Gasteiger partial charge in [0.05, 0.1) is 18.4 Å². The first-order valence-corrected chi connectivity index (χ1v) is 9.08. The van der Waals surface area contributed by atoms with Gasteiger partial charge in [-0.05, 0) is 42.5 Å². The molecule has 0 radical (unpaired) electrons. The van der Waals surface area contributed by atoms with E-state index in [4.69, 9.17) is 9.15 Å². The number of likely N-dealkylation sites (tertiary alicyclic amines) is 1. The molecule has 2 aromatic rings. The van der Waals surface area contributed by atoms with Crippen molar-refractivity contribution in [2.45, 2.75) is 31.7 Å². The van der Waals surface area contributed by atoms with Gasteiger partial charge in [-0.15, -0.1) is 0 Å². The molecule has 1 saturated heterocycles. The highest BCUT2D eigenvalue weighted by atomic mass is 16.5. The van der Waals surface area contributed by atoms with E-state index in [9.17, 15) is 4.79 Å². The summed E-state index contributed by atoms with van der Waals surface area (Å²) in [5, 5.41) is 3.10. The molecule has 2 aliphatic rings. The van der Waals surface area contributed by atoms with Crippen molar-refractivity contribution < 1.29 is 13.9 Å². The second-order valence-corrected chi connectivity index (χ2v) is 6.89. The smallest absolute Gasteiger partial charge is 0.254 e. The van der Waals surface area contributed by atoms with E-state index in [-0.39, 0.29) is 11.9 Å². The van der Waals surface area contributed by atoms with Crippen molar-refractivity contribution in [1.29, 1.82) is 0 Å². The molecule has 0 saturated carbocycles. The van der Waals surface area contributed by atoms with Gasteiger partial charge in [0.25, 0.3) is 5.91 Å². The van der Waals surface area contributed by atoms with Crippen molar-refractivity contribution in [3.8, 4) is 5.75 Å². The highest BCUT2D eigenvalue weighted by Crippen LogP contribution is 2.26. The van der Waals surface area contributed by atoms with Crippen LogP contribution in [-0.4, -0.2) is 43.1 Å². The normalized spacial score (nSPS) is 17.9. The van der Waals surface area contributed by atoms with Crippen LogP contribution in [-0.2, 0) is 12.8 Å². The summed E-state index contributed by atoms with van der Waals surface area (Å²) in [5.41, 5.74) is 3.33. The molecular weight excluding hydrogens is 316 g/mol. The number of carbonyl (C=O) groups excluding carboxylic acids is 1. The fraction of sp³-hybridized carbons (Fsp3) is 0.450. The lowest BCUT2D eigenvalue weighted by Crippen LogP contribution is -2.45. The van der Waals surface area contributed by atoms with Crippen LogP contribution < -0.4 is 10.1 Å². The fourth-order valence-corrected chi connectivity index (χ4v) is 3.65. The lowest BCUT2D eigenvalue weighted by atomic mass is 10.0. The first kappa shape index (κ1) is 16.2. The minimum Gasteiger partial charge on any atom is -0.493 e. The van der Waals surface area contributed by atoms with Gasteiger partial charge < -0.3 is 19.4 Å². The maximum Gasteiger partial charge on any atom is 0.254 e. The summed E-state index contributed by atoms with van der Waals surface area (Å²) in [7, 11) is 0. The maximum atomic E-state index is 12.1. The van der Waals surface area contributed by atoms with E-state index in [1.807, 2.05) is 0 Å². The molecule has 1 amide bonds. The molecule has 1 fully saturated rings. The van der Waals surface area contributed by atoms with Gasteiger partial charge in [0, 0.05) is 32.1 Å². The molecule has 0 atom stereocenters. The van der Waals surface area contributed by atoms with Gasteiger partial charge in [-0.1, -0.05) is 12.1 Å². The predicted octanol–water partition coefficient (Wildman–Crippen LogP) is 2.65. The largest absolute Gasteiger partial charge is 0.493 e. The van der Waals surface area contributed by atoms with E-state index in [0.717, 1.165) is 57.7 Å². The molecule has 0 aliphatic carbocycles. The van der Waals surface area contributed by atoms with Gasteiger partial charge in [-0.25, -0.2) is 0 Å². The Bertz CT molecular complexity index is 719. The Morgan fingerprint density at radius 3 is 2.92 bits per heavy atom. The number of furan rings is 1. The van der Waals surface area contributed by atoms with Crippen LogP contribution in [0.2, 0.25) is 0 Å². The molecule has 132 valence electrons. The quantitative estimate of drug-likeness (QED) is 0.909. The fourth-order valence-electron chi connectivity index (χ4n) is 3.65. The highest BCUT2D eigenvalue weighted by Gasteiger charge is 2.21. The first-order valence-electron chi connectivity index (χ1n) is 9.08. The summed E-state index contributed by atoms with van der Waals surface area (Å²) in [6, 6.07) is 8.54. The number of fused-ring (bicyclic) bond motifs is 1. The number of piperidine rings is 1. The lowest BCUT2D eigenvalue weighted by Gasteiger charge is -2.32. The number of carbonyl (C=O) groups is 1. The topological polar surface area (TPSA) is 54.7 Å². The Morgan fingerprint density at radius 2 is 2.12 bits per heavy atom.